The molecule has 0 fully saturated rings. The van der Waals surface area contributed by atoms with Crippen LogP contribution in [-0.2, 0) is 4.79 Å². The van der Waals surface area contributed by atoms with Crippen LogP contribution < -0.4 is 5.32 Å². The molecule has 47 heavy (non-hydrogen) atoms. The molecule has 0 radical (unpaired) electrons. The largest absolute Gasteiger partial charge is 0.394 e. The van der Waals surface area contributed by atoms with Gasteiger partial charge in [0.05, 0.1) is 18.8 Å². The molecule has 5 nitrogen and oxygen atoms in total. The van der Waals surface area contributed by atoms with E-state index in [1.165, 1.54) is 154 Å². The number of amides is 1. The smallest absolute Gasteiger partial charge is 0.249 e. The van der Waals surface area contributed by atoms with Crippen LogP contribution >= 0.6 is 0 Å². The molecule has 3 atom stereocenters. The number of rotatable bonds is 37. The SMILES string of the molecule is CCCCC/C=C/CC/C=C/C(O)C(CO)NC(=O)C(O)CCCCCCCCCCCCCCCCCCCCCCCCCC. The molecule has 3 unspecified atom stereocenters. The summed E-state index contributed by atoms with van der Waals surface area (Å²) in [4.78, 5) is 12.4. The first-order chi connectivity index (χ1) is 23.1. The van der Waals surface area contributed by atoms with Crippen molar-refractivity contribution in [1.29, 1.82) is 0 Å². The summed E-state index contributed by atoms with van der Waals surface area (Å²) in [7, 11) is 0. The molecule has 0 aliphatic heterocycles. The lowest BCUT2D eigenvalue weighted by Crippen LogP contribution is -2.48. The minimum atomic E-state index is -1.10. The van der Waals surface area contributed by atoms with Gasteiger partial charge in [-0.05, 0) is 32.1 Å². The molecule has 0 saturated carbocycles. The predicted molar refractivity (Wildman–Crippen MR) is 204 cm³/mol. The Morgan fingerprint density at radius 3 is 1.30 bits per heavy atom. The highest BCUT2D eigenvalue weighted by molar-refractivity contribution is 5.80. The van der Waals surface area contributed by atoms with Crippen LogP contribution in [-0.4, -0.2) is 46.1 Å². The number of aliphatic hydroxyl groups is 3. The maximum Gasteiger partial charge on any atom is 0.249 e. The lowest BCUT2D eigenvalue weighted by molar-refractivity contribution is -0.131. The van der Waals surface area contributed by atoms with Crippen molar-refractivity contribution in [2.45, 2.75) is 231 Å². The number of unbranched alkanes of at least 4 members (excludes halogenated alkanes) is 27. The molecule has 0 rings (SSSR count). The highest BCUT2D eigenvalue weighted by Crippen LogP contribution is 2.16. The summed E-state index contributed by atoms with van der Waals surface area (Å²) in [5.41, 5.74) is 0. The summed E-state index contributed by atoms with van der Waals surface area (Å²) in [5, 5.41) is 32.9. The summed E-state index contributed by atoms with van der Waals surface area (Å²) in [5.74, 6) is -0.513. The zero-order valence-corrected chi connectivity index (χ0v) is 31.4. The van der Waals surface area contributed by atoms with Gasteiger partial charge in [0.25, 0.3) is 0 Å². The Bertz CT molecular complexity index is 694. The maximum atomic E-state index is 12.4. The van der Waals surface area contributed by atoms with Gasteiger partial charge in [0, 0.05) is 0 Å². The Labute approximate surface area is 292 Å². The molecule has 0 aromatic carbocycles. The lowest BCUT2D eigenvalue weighted by Gasteiger charge is -2.21. The Morgan fingerprint density at radius 1 is 0.511 bits per heavy atom. The van der Waals surface area contributed by atoms with E-state index < -0.39 is 24.2 Å². The Morgan fingerprint density at radius 2 is 0.872 bits per heavy atom. The van der Waals surface area contributed by atoms with Crippen LogP contribution in [0.2, 0.25) is 0 Å². The number of carbonyl (C=O) groups excluding carboxylic acids is 1. The molecular weight excluding hydrogens is 582 g/mol. The minimum Gasteiger partial charge on any atom is -0.394 e. The highest BCUT2D eigenvalue weighted by atomic mass is 16.3. The summed E-state index contributed by atoms with van der Waals surface area (Å²) in [6.45, 7) is 4.12. The number of allylic oxidation sites excluding steroid dienone is 3. The van der Waals surface area contributed by atoms with Gasteiger partial charge in [-0.2, -0.15) is 0 Å². The molecule has 0 aromatic heterocycles. The molecule has 5 heteroatoms. The van der Waals surface area contributed by atoms with Crippen molar-refractivity contribution in [2.24, 2.45) is 0 Å². The standard InChI is InChI=1S/C42H81NO4/c1-3-5-7-9-11-13-14-15-16-17-18-19-20-21-22-23-24-25-26-27-29-31-33-35-37-41(46)42(47)43-39(38-44)40(45)36-34-32-30-28-12-10-8-6-4-2/h12,28,34,36,39-41,44-46H,3-11,13-27,29-33,35,37-38H2,1-2H3,(H,43,47)/b28-12+,36-34+. The molecule has 1 amide bonds. The van der Waals surface area contributed by atoms with Crippen molar-refractivity contribution in [2.75, 3.05) is 6.61 Å². The lowest BCUT2D eigenvalue weighted by atomic mass is 10.0. The maximum absolute atomic E-state index is 12.4. The van der Waals surface area contributed by atoms with E-state index in [0.29, 0.717) is 6.42 Å². The van der Waals surface area contributed by atoms with Crippen LogP contribution in [0.15, 0.2) is 24.3 Å². The van der Waals surface area contributed by atoms with E-state index in [0.717, 1.165) is 38.5 Å². The zero-order chi connectivity index (χ0) is 34.5. The van der Waals surface area contributed by atoms with Gasteiger partial charge in [-0.25, -0.2) is 0 Å². The summed E-state index contributed by atoms with van der Waals surface area (Å²) < 4.78 is 0. The van der Waals surface area contributed by atoms with Crippen molar-refractivity contribution in [3.63, 3.8) is 0 Å². The molecule has 278 valence electrons. The Balaban J connectivity index is 3.56. The molecule has 4 N–H and O–H groups in total. The van der Waals surface area contributed by atoms with Crippen LogP contribution in [0.1, 0.15) is 213 Å². The summed E-state index contributed by atoms with van der Waals surface area (Å²) in [6.07, 6.45) is 45.1. The van der Waals surface area contributed by atoms with Crippen LogP contribution in [0.3, 0.4) is 0 Å². The average Bonchev–Trinajstić information content (AvgIpc) is 3.07. The van der Waals surface area contributed by atoms with Crippen LogP contribution in [0.25, 0.3) is 0 Å². The normalized spacial score (nSPS) is 13.9. The molecule has 0 spiro atoms. The molecule has 0 aliphatic carbocycles. The van der Waals surface area contributed by atoms with E-state index in [9.17, 15) is 20.1 Å². The average molecular weight is 664 g/mol. The van der Waals surface area contributed by atoms with Crippen molar-refractivity contribution in [3.8, 4) is 0 Å². The third-order valence-corrected chi connectivity index (χ3v) is 9.54. The van der Waals surface area contributed by atoms with Crippen molar-refractivity contribution < 1.29 is 20.1 Å². The van der Waals surface area contributed by atoms with E-state index >= 15 is 0 Å². The van der Waals surface area contributed by atoms with E-state index in [2.05, 4.69) is 31.3 Å². The van der Waals surface area contributed by atoms with Gasteiger partial charge in [-0.1, -0.05) is 205 Å². The van der Waals surface area contributed by atoms with Gasteiger partial charge in [-0.3, -0.25) is 4.79 Å². The number of nitrogens with one attached hydrogen (secondary N) is 1. The number of aliphatic hydroxyl groups excluding tert-OH is 3. The molecular formula is C42H81NO4. The van der Waals surface area contributed by atoms with Gasteiger partial charge in [0.15, 0.2) is 0 Å². The van der Waals surface area contributed by atoms with E-state index in [4.69, 9.17) is 0 Å². The van der Waals surface area contributed by atoms with Gasteiger partial charge in [0.1, 0.15) is 6.10 Å². The van der Waals surface area contributed by atoms with E-state index in [-0.39, 0.29) is 6.61 Å². The second-order valence-corrected chi connectivity index (χ2v) is 14.2. The van der Waals surface area contributed by atoms with Crippen molar-refractivity contribution in [3.05, 3.63) is 24.3 Å². The fourth-order valence-corrected chi connectivity index (χ4v) is 6.26. The predicted octanol–water partition coefficient (Wildman–Crippen LogP) is 11.4. The van der Waals surface area contributed by atoms with E-state index in [1.54, 1.807) is 6.08 Å². The molecule has 0 bridgehead atoms. The first kappa shape index (κ1) is 45.8. The third-order valence-electron chi connectivity index (χ3n) is 9.54. The second-order valence-electron chi connectivity index (χ2n) is 14.2. The molecule has 0 aromatic rings. The number of carbonyl (C=O) groups is 1. The van der Waals surface area contributed by atoms with Crippen LogP contribution in [0, 0.1) is 0 Å². The fourth-order valence-electron chi connectivity index (χ4n) is 6.26. The van der Waals surface area contributed by atoms with Gasteiger partial charge in [-0.15, -0.1) is 0 Å². The quantitative estimate of drug-likeness (QED) is 0.0393. The van der Waals surface area contributed by atoms with Gasteiger partial charge >= 0.3 is 0 Å². The number of hydrogen-bond acceptors (Lipinski definition) is 4. The van der Waals surface area contributed by atoms with Crippen LogP contribution in [0.4, 0.5) is 0 Å². The zero-order valence-electron chi connectivity index (χ0n) is 31.4. The highest BCUT2D eigenvalue weighted by Gasteiger charge is 2.22. The summed E-state index contributed by atoms with van der Waals surface area (Å²) >= 11 is 0. The van der Waals surface area contributed by atoms with Crippen LogP contribution in [0.5, 0.6) is 0 Å². The fraction of sp³-hybridized carbons (Fsp3) is 0.881. The Hall–Kier alpha value is -1.17. The minimum absolute atomic E-state index is 0.374. The van der Waals surface area contributed by atoms with Crippen molar-refractivity contribution >= 4 is 5.91 Å². The monoisotopic (exact) mass is 664 g/mol. The molecule has 0 saturated heterocycles. The summed E-state index contributed by atoms with van der Waals surface area (Å²) in [6, 6.07) is -0.808. The molecule has 0 heterocycles. The first-order valence-corrected chi connectivity index (χ1v) is 20.7. The third kappa shape index (κ3) is 33.1. The van der Waals surface area contributed by atoms with Gasteiger partial charge in [0.2, 0.25) is 5.91 Å². The topological polar surface area (TPSA) is 89.8 Å². The first-order valence-electron chi connectivity index (χ1n) is 20.7. The molecule has 0 aliphatic rings. The number of hydrogen-bond donors (Lipinski definition) is 4. The Kier molecular flexibility index (Phi) is 36.7. The van der Waals surface area contributed by atoms with Gasteiger partial charge < -0.3 is 20.6 Å². The van der Waals surface area contributed by atoms with Crippen molar-refractivity contribution in [1.82, 2.24) is 5.32 Å². The second kappa shape index (κ2) is 37.6. The van der Waals surface area contributed by atoms with E-state index in [1.807, 2.05) is 6.08 Å².